The average molecular weight is 396 g/mol. The Morgan fingerprint density at radius 1 is 0.821 bits per heavy atom. The lowest BCUT2D eigenvalue weighted by molar-refractivity contribution is 0.0514. The maximum Gasteiger partial charge on any atom is 0.357 e. The molecule has 1 heterocycles. The van der Waals surface area contributed by atoms with Crippen molar-refractivity contribution in [2.75, 3.05) is 6.61 Å². The fraction of sp³-hybridized carbons (Fsp3) is 0.792. The zero-order chi connectivity index (χ0) is 20.5. The van der Waals surface area contributed by atoms with E-state index in [4.69, 9.17) is 4.74 Å². The highest BCUT2D eigenvalue weighted by Crippen LogP contribution is 2.16. The number of nitrogens with one attached hydrogen (secondary N) is 1. The molecule has 1 aromatic rings. The molecule has 0 aromatic carbocycles. The van der Waals surface area contributed by atoms with Gasteiger partial charge < -0.3 is 9.72 Å². The monoisotopic (exact) mass is 395 g/mol. The molecule has 0 aliphatic heterocycles. The van der Waals surface area contributed by atoms with E-state index in [0.29, 0.717) is 0 Å². The molecule has 0 atom stereocenters. The molecule has 1 N–H and O–H groups in total. The first-order valence-corrected chi connectivity index (χ1v) is 11.7. The molecule has 0 radical (unpaired) electrons. The molecule has 162 valence electrons. The van der Waals surface area contributed by atoms with Crippen molar-refractivity contribution in [3.05, 3.63) is 23.3 Å². The second-order valence-electron chi connectivity index (χ2n) is 7.94. The van der Waals surface area contributed by atoms with E-state index < -0.39 is 11.8 Å². The predicted molar refractivity (Wildman–Crippen MR) is 115 cm³/mol. The van der Waals surface area contributed by atoms with Gasteiger partial charge in [-0.3, -0.25) is 0 Å². The maximum absolute atomic E-state index is 13.7. The van der Waals surface area contributed by atoms with Gasteiger partial charge in [-0.25, -0.2) is 9.18 Å². The van der Waals surface area contributed by atoms with Gasteiger partial charge in [0, 0.05) is 5.69 Å². The van der Waals surface area contributed by atoms with Crippen LogP contribution in [0.2, 0.25) is 0 Å². The lowest BCUT2D eigenvalue weighted by Gasteiger charge is -2.03. The van der Waals surface area contributed by atoms with Gasteiger partial charge >= 0.3 is 5.97 Å². The number of ether oxygens (including phenoxy) is 1. The summed E-state index contributed by atoms with van der Waals surface area (Å²) < 4.78 is 18.6. The smallest absolute Gasteiger partial charge is 0.357 e. The number of esters is 1. The summed E-state index contributed by atoms with van der Waals surface area (Å²) in [5, 5.41) is 0. The van der Waals surface area contributed by atoms with E-state index >= 15 is 0 Å². The molecular formula is C24H42FNO2. The van der Waals surface area contributed by atoms with Crippen molar-refractivity contribution in [3.8, 4) is 0 Å². The third kappa shape index (κ3) is 11.5. The van der Waals surface area contributed by atoms with Gasteiger partial charge in [0.05, 0.1) is 6.61 Å². The molecule has 0 bridgehead atoms. The third-order valence-corrected chi connectivity index (χ3v) is 5.35. The summed E-state index contributed by atoms with van der Waals surface area (Å²) in [6, 6.07) is 1.43. The van der Waals surface area contributed by atoms with E-state index in [9.17, 15) is 9.18 Å². The van der Waals surface area contributed by atoms with Crippen LogP contribution in [-0.2, 0) is 11.2 Å². The zero-order valence-corrected chi connectivity index (χ0v) is 18.3. The van der Waals surface area contributed by atoms with Crippen molar-refractivity contribution in [3.63, 3.8) is 0 Å². The Balaban J connectivity index is 1.92. The number of hydrogen-bond donors (Lipinski definition) is 1. The van der Waals surface area contributed by atoms with Crippen LogP contribution >= 0.6 is 0 Å². The van der Waals surface area contributed by atoms with Crippen LogP contribution in [-0.4, -0.2) is 17.6 Å². The number of hydrogen-bond acceptors (Lipinski definition) is 2. The number of halogens is 1. The highest BCUT2D eigenvalue weighted by atomic mass is 19.1. The molecule has 1 rings (SSSR count). The van der Waals surface area contributed by atoms with Crippen LogP contribution in [0.3, 0.4) is 0 Å². The summed E-state index contributed by atoms with van der Waals surface area (Å²) in [5.74, 6) is -1.11. The van der Waals surface area contributed by atoms with Crippen molar-refractivity contribution in [1.82, 2.24) is 4.98 Å². The molecule has 0 aliphatic rings. The summed E-state index contributed by atoms with van der Waals surface area (Å²) in [4.78, 5) is 14.5. The Bertz CT molecular complexity index is 513. The number of rotatable bonds is 18. The molecule has 0 fully saturated rings. The molecule has 4 heteroatoms. The molecule has 3 nitrogen and oxygen atoms in total. The SMILES string of the molecule is CCCCCCCCCCCCCCCCCc1cc(F)c(C(=O)OCC)[nH]1. The average Bonchev–Trinajstić information content (AvgIpc) is 3.05. The van der Waals surface area contributed by atoms with Crippen LogP contribution in [0.15, 0.2) is 6.07 Å². The third-order valence-electron chi connectivity index (χ3n) is 5.35. The summed E-state index contributed by atoms with van der Waals surface area (Å²) in [5.41, 5.74) is 0.744. The lowest BCUT2D eigenvalue weighted by Crippen LogP contribution is -2.07. The maximum atomic E-state index is 13.7. The van der Waals surface area contributed by atoms with E-state index in [2.05, 4.69) is 11.9 Å². The van der Waals surface area contributed by atoms with Crippen LogP contribution in [0.4, 0.5) is 4.39 Å². The van der Waals surface area contributed by atoms with E-state index in [-0.39, 0.29) is 12.3 Å². The molecule has 0 unspecified atom stereocenters. The summed E-state index contributed by atoms with van der Waals surface area (Å²) in [6.45, 7) is 4.24. The predicted octanol–water partition coefficient (Wildman–Crippen LogP) is 7.74. The molecule has 0 amide bonds. The van der Waals surface area contributed by atoms with Gasteiger partial charge in [-0.05, 0) is 25.8 Å². The normalized spacial score (nSPS) is 11.1. The van der Waals surface area contributed by atoms with Crippen molar-refractivity contribution in [2.24, 2.45) is 0 Å². The van der Waals surface area contributed by atoms with E-state index in [1.807, 2.05) is 0 Å². The Kier molecular flexibility index (Phi) is 14.7. The van der Waals surface area contributed by atoms with Gasteiger partial charge in [0.2, 0.25) is 0 Å². The fourth-order valence-corrected chi connectivity index (χ4v) is 3.65. The molecular weight excluding hydrogens is 353 g/mol. The number of H-pyrrole nitrogens is 1. The molecule has 0 spiro atoms. The fourth-order valence-electron chi connectivity index (χ4n) is 3.65. The largest absolute Gasteiger partial charge is 0.461 e. The molecule has 0 aliphatic carbocycles. The van der Waals surface area contributed by atoms with E-state index in [1.54, 1.807) is 6.92 Å². The number of unbranched alkanes of at least 4 members (excludes halogenated alkanes) is 14. The van der Waals surface area contributed by atoms with Gasteiger partial charge in [-0.1, -0.05) is 96.8 Å². The highest BCUT2D eigenvalue weighted by molar-refractivity contribution is 5.87. The standard InChI is InChI=1S/C24H42FNO2/c1-3-5-6-7-8-9-10-11-12-13-14-15-16-17-18-19-21-20-22(25)23(26-21)24(27)28-4-2/h20,26H,3-19H2,1-2H3. The quantitative estimate of drug-likeness (QED) is 0.204. The first-order valence-electron chi connectivity index (χ1n) is 11.7. The van der Waals surface area contributed by atoms with Crippen LogP contribution in [0.25, 0.3) is 0 Å². The van der Waals surface area contributed by atoms with Crippen molar-refractivity contribution in [1.29, 1.82) is 0 Å². The zero-order valence-electron chi connectivity index (χ0n) is 18.3. The van der Waals surface area contributed by atoms with Crippen LogP contribution in [0.5, 0.6) is 0 Å². The van der Waals surface area contributed by atoms with Gasteiger partial charge in [-0.15, -0.1) is 0 Å². The minimum atomic E-state index is -0.609. The summed E-state index contributed by atoms with van der Waals surface area (Å²) in [6.07, 6.45) is 20.8. The number of carbonyl (C=O) groups excluding carboxylic acids is 1. The van der Waals surface area contributed by atoms with Gasteiger partial charge in [0.15, 0.2) is 11.5 Å². The van der Waals surface area contributed by atoms with Gasteiger partial charge in [0.25, 0.3) is 0 Å². The molecule has 1 aromatic heterocycles. The summed E-state index contributed by atoms with van der Waals surface area (Å²) in [7, 11) is 0. The number of carbonyl (C=O) groups is 1. The van der Waals surface area contributed by atoms with Crippen LogP contribution in [0, 0.1) is 5.82 Å². The molecule has 0 saturated heterocycles. The van der Waals surface area contributed by atoms with Crippen molar-refractivity contribution in [2.45, 2.75) is 117 Å². The van der Waals surface area contributed by atoms with E-state index in [0.717, 1.165) is 25.0 Å². The highest BCUT2D eigenvalue weighted by Gasteiger charge is 2.16. The second kappa shape index (κ2) is 16.6. The van der Waals surface area contributed by atoms with Crippen LogP contribution in [0.1, 0.15) is 126 Å². The topological polar surface area (TPSA) is 42.1 Å². The molecule has 0 saturated carbocycles. The van der Waals surface area contributed by atoms with Crippen molar-refractivity contribution < 1.29 is 13.9 Å². The minimum absolute atomic E-state index is 0.0437. The Labute approximate surface area is 171 Å². The second-order valence-corrected chi connectivity index (χ2v) is 7.94. The van der Waals surface area contributed by atoms with E-state index in [1.165, 1.54) is 89.5 Å². The van der Waals surface area contributed by atoms with Crippen LogP contribution < -0.4 is 0 Å². The van der Waals surface area contributed by atoms with Gasteiger partial charge in [0.1, 0.15) is 0 Å². The van der Waals surface area contributed by atoms with Crippen molar-refractivity contribution >= 4 is 5.97 Å². The first-order chi connectivity index (χ1) is 13.7. The number of aromatic amines is 1. The Morgan fingerprint density at radius 2 is 1.29 bits per heavy atom. The molecule has 28 heavy (non-hydrogen) atoms. The summed E-state index contributed by atoms with van der Waals surface area (Å²) >= 11 is 0. The minimum Gasteiger partial charge on any atom is -0.461 e. The number of aryl methyl sites for hydroxylation is 1. The number of aromatic nitrogens is 1. The van der Waals surface area contributed by atoms with Gasteiger partial charge in [-0.2, -0.15) is 0 Å². The Morgan fingerprint density at radius 3 is 1.75 bits per heavy atom. The lowest BCUT2D eigenvalue weighted by atomic mass is 10.0. The Hall–Kier alpha value is -1.32. The first kappa shape index (κ1) is 24.7.